The number of aromatic nitrogens is 7. The summed E-state index contributed by atoms with van der Waals surface area (Å²) in [6, 6.07) is 10.3. The summed E-state index contributed by atoms with van der Waals surface area (Å²) in [5.41, 5.74) is 6.95. The van der Waals surface area contributed by atoms with Crippen LogP contribution in [0.25, 0.3) is 28.5 Å². The number of carbonyl (C=O) groups is 1. The fourth-order valence-electron chi connectivity index (χ4n) is 3.88. The monoisotopic (exact) mass is 558 g/mol. The molecular weight excluding hydrogens is 532 g/mol. The summed E-state index contributed by atoms with van der Waals surface area (Å²) >= 11 is 1.33. The van der Waals surface area contributed by atoms with E-state index >= 15 is 0 Å². The van der Waals surface area contributed by atoms with Crippen molar-refractivity contribution >= 4 is 35.0 Å². The highest BCUT2D eigenvalue weighted by molar-refractivity contribution is 7.13. The maximum atomic E-state index is 13.6. The van der Waals surface area contributed by atoms with E-state index in [1.807, 2.05) is 50.4 Å². The number of nitrogens with zero attached hydrogens (tertiary/aromatic N) is 7. The molecule has 0 saturated heterocycles. The van der Waals surface area contributed by atoms with Crippen LogP contribution in [0.2, 0.25) is 0 Å². The molecule has 0 aliphatic rings. The Morgan fingerprint density at radius 3 is 2.55 bits per heavy atom. The largest absolute Gasteiger partial charge is 0.497 e. The number of hydrogen-bond donors (Lipinski definition) is 2. The van der Waals surface area contributed by atoms with E-state index in [0.29, 0.717) is 17.2 Å². The molecule has 5 aromatic rings. The number of carbonyl (C=O) groups excluding carboxylic acids is 1. The first-order chi connectivity index (χ1) is 19.0. The second-order valence-electron chi connectivity index (χ2n) is 9.99. The van der Waals surface area contributed by atoms with Gasteiger partial charge in [0.2, 0.25) is 11.8 Å². The van der Waals surface area contributed by atoms with Crippen molar-refractivity contribution in [3.63, 3.8) is 0 Å². The molecule has 0 atom stereocenters. The highest BCUT2D eigenvalue weighted by Gasteiger charge is 2.22. The molecule has 0 saturated carbocycles. The first-order valence-corrected chi connectivity index (χ1v) is 13.1. The summed E-state index contributed by atoms with van der Waals surface area (Å²) in [6.45, 7) is 6.46. The number of nitrogens with two attached hydrogens (primary N) is 1. The highest BCUT2D eigenvalue weighted by Crippen LogP contribution is 2.31. The number of rotatable bonds is 7. The Morgan fingerprint density at radius 2 is 1.90 bits per heavy atom. The lowest BCUT2D eigenvalue weighted by molar-refractivity contribution is 0.1000. The second-order valence-corrected chi connectivity index (χ2v) is 10.8. The molecule has 0 aliphatic carbocycles. The van der Waals surface area contributed by atoms with Gasteiger partial charge in [-0.15, -0.1) is 21.5 Å². The van der Waals surface area contributed by atoms with Crippen LogP contribution in [0.3, 0.4) is 0 Å². The van der Waals surface area contributed by atoms with Crippen LogP contribution in [-0.2, 0) is 12.0 Å². The van der Waals surface area contributed by atoms with Crippen LogP contribution < -0.4 is 16.0 Å². The van der Waals surface area contributed by atoms with E-state index in [2.05, 4.69) is 20.4 Å². The molecule has 5 rings (SSSR count). The molecule has 1 amide bonds. The molecule has 1 aromatic carbocycles. The molecule has 40 heavy (non-hydrogen) atoms. The quantitative estimate of drug-likeness (QED) is 0.305. The van der Waals surface area contributed by atoms with Gasteiger partial charge in [-0.3, -0.25) is 14.0 Å². The Balaban J connectivity index is 1.53. The van der Waals surface area contributed by atoms with Gasteiger partial charge < -0.3 is 15.6 Å². The number of thiazole rings is 1. The predicted molar refractivity (Wildman–Crippen MR) is 150 cm³/mol. The molecule has 0 bridgehead atoms. The van der Waals surface area contributed by atoms with Gasteiger partial charge in [0, 0.05) is 16.4 Å². The summed E-state index contributed by atoms with van der Waals surface area (Å²) in [6.07, 6.45) is 2.83. The fourth-order valence-corrected chi connectivity index (χ4v) is 4.94. The Hall–Kier alpha value is -4.91. The topological polar surface area (TPSA) is 163 Å². The minimum absolute atomic E-state index is 0.0574. The zero-order chi connectivity index (χ0) is 28.6. The van der Waals surface area contributed by atoms with E-state index in [9.17, 15) is 14.7 Å². The van der Waals surface area contributed by atoms with Crippen molar-refractivity contribution in [1.82, 2.24) is 34.6 Å². The lowest BCUT2D eigenvalue weighted by Gasteiger charge is -2.14. The number of methoxy groups -OCH3 is 1. The number of ether oxygens (including phenoxy) is 1. The second kappa shape index (κ2) is 10.3. The Bertz CT molecular complexity index is 1810. The third kappa shape index (κ3) is 5.31. The van der Waals surface area contributed by atoms with Gasteiger partial charge in [-0.2, -0.15) is 9.78 Å². The molecule has 13 heteroatoms. The van der Waals surface area contributed by atoms with Gasteiger partial charge in [0.05, 0.1) is 25.0 Å². The molecule has 0 fully saturated rings. The van der Waals surface area contributed by atoms with Gasteiger partial charge in [-0.05, 0) is 47.2 Å². The molecule has 204 valence electrons. The van der Waals surface area contributed by atoms with Crippen molar-refractivity contribution < 1.29 is 14.6 Å². The van der Waals surface area contributed by atoms with Crippen molar-refractivity contribution in [2.45, 2.75) is 32.7 Å². The third-order valence-electron chi connectivity index (χ3n) is 6.07. The number of fused-ring (bicyclic) bond motifs is 1. The molecule has 0 aliphatic heterocycles. The van der Waals surface area contributed by atoms with Gasteiger partial charge in [-0.1, -0.05) is 32.9 Å². The summed E-state index contributed by atoms with van der Waals surface area (Å²) in [5, 5.41) is 25.4. The molecule has 4 aromatic heterocycles. The number of aromatic hydroxyl groups is 1. The van der Waals surface area contributed by atoms with Crippen LogP contribution in [0.5, 0.6) is 11.6 Å². The number of benzene rings is 1. The fraction of sp³-hybridized carbons (Fsp3) is 0.222. The average molecular weight is 559 g/mol. The SMILES string of the molecule is COc1ccc(Cn2nnc(C=Cc3c(O)nc4cc(C(N)=O)cc(-c5nc(C(C)(C)C)cs5)n4c3=O)n2)cc1. The van der Waals surface area contributed by atoms with E-state index in [-0.39, 0.29) is 28.0 Å². The molecule has 12 nitrogen and oxygen atoms in total. The zero-order valence-electron chi connectivity index (χ0n) is 22.2. The van der Waals surface area contributed by atoms with E-state index < -0.39 is 17.3 Å². The van der Waals surface area contributed by atoms with Crippen LogP contribution >= 0.6 is 11.3 Å². The van der Waals surface area contributed by atoms with Gasteiger partial charge in [0.25, 0.3) is 5.56 Å². The minimum Gasteiger partial charge on any atom is -0.497 e. The highest BCUT2D eigenvalue weighted by atomic mass is 32.1. The lowest BCUT2D eigenvalue weighted by Crippen LogP contribution is -2.21. The molecule has 0 spiro atoms. The summed E-state index contributed by atoms with van der Waals surface area (Å²) < 4.78 is 6.47. The van der Waals surface area contributed by atoms with Crippen LogP contribution in [0.15, 0.2) is 46.6 Å². The summed E-state index contributed by atoms with van der Waals surface area (Å²) in [5.74, 6) is -0.240. The van der Waals surface area contributed by atoms with Gasteiger partial charge >= 0.3 is 0 Å². The molecule has 0 radical (unpaired) electrons. The number of primary amides is 1. The van der Waals surface area contributed by atoms with Crippen LogP contribution in [-0.4, -0.2) is 52.7 Å². The number of hydrogen-bond acceptors (Lipinski definition) is 10. The van der Waals surface area contributed by atoms with Gasteiger partial charge in [0.15, 0.2) is 5.82 Å². The van der Waals surface area contributed by atoms with E-state index in [1.54, 1.807) is 7.11 Å². The smallest absolute Gasteiger partial charge is 0.269 e. The van der Waals surface area contributed by atoms with Crippen molar-refractivity contribution in [2.75, 3.05) is 7.11 Å². The van der Waals surface area contributed by atoms with E-state index in [1.165, 1.54) is 44.8 Å². The number of tetrazole rings is 1. The first-order valence-electron chi connectivity index (χ1n) is 12.2. The normalized spacial score (nSPS) is 11.9. The van der Waals surface area contributed by atoms with E-state index in [4.69, 9.17) is 15.5 Å². The maximum absolute atomic E-state index is 13.6. The number of pyridine rings is 1. The van der Waals surface area contributed by atoms with Crippen LogP contribution in [0, 0.1) is 0 Å². The Morgan fingerprint density at radius 1 is 1.15 bits per heavy atom. The summed E-state index contributed by atoms with van der Waals surface area (Å²) in [4.78, 5) is 36.0. The Labute approximate surface area is 232 Å². The van der Waals surface area contributed by atoms with E-state index in [0.717, 1.165) is 17.0 Å². The standard InChI is InChI=1S/C27H26N8O4S/c1-27(2,3)20-14-40-25(29-20)19-11-16(23(28)36)12-22-30-24(37)18(26(38)35(19)22)9-10-21-31-33-34(32-21)13-15-5-7-17(39-4)8-6-15/h5-12,14,37H,13H2,1-4H3,(H2,28,36). The molecule has 4 heterocycles. The van der Waals surface area contributed by atoms with Gasteiger partial charge in [-0.25, -0.2) is 4.98 Å². The van der Waals surface area contributed by atoms with Crippen molar-refractivity contribution in [3.8, 4) is 22.3 Å². The molecular formula is C27H26N8O4S. The predicted octanol–water partition coefficient (Wildman–Crippen LogP) is 3.13. The summed E-state index contributed by atoms with van der Waals surface area (Å²) in [7, 11) is 1.60. The van der Waals surface area contributed by atoms with Crippen LogP contribution in [0.4, 0.5) is 0 Å². The van der Waals surface area contributed by atoms with Crippen LogP contribution in [0.1, 0.15) is 53.8 Å². The Kier molecular flexibility index (Phi) is 6.90. The lowest BCUT2D eigenvalue weighted by atomic mass is 9.93. The molecule has 0 unspecified atom stereocenters. The maximum Gasteiger partial charge on any atom is 0.269 e. The van der Waals surface area contributed by atoms with Crippen molar-refractivity contribution in [2.24, 2.45) is 5.73 Å². The van der Waals surface area contributed by atoms with Crippen molar-refractivity contribution in [1.29, 1.82) is 0 Å². The van der Waals surface area contributed by atoms with Crippen molar-refractivity contribution in [3.05, 3.63) is 80.3 Å². The first kappa shape index (κ1) is 26.7. The zero-order valence-corrected chi connectivity index (χ0v) is 23.0. The third-order valence-corrected chi connectivity index (χ3v) is 6.93. The minimum atomic E-state index is -0.696. The molecule has 3 N–H and O–H groups in total. The number of amides is 1. The van der Waals surface area contributed by atoms with Gasteiger partial charge in [0.1, 0.15) is 22.0 Å². The average Bonchev–Trinajstić information content (AvgIpc) is 3.58.